The first-order valence-electron chi connectivity index (χ1n) is 6.99. The third-order valence-corrected chi connectivity index (χ3v) is 4.35. The second-order valence-electron chi connectivity index (χ2n) is 5.08. The van der Waals surface area contributed by atoms with Crippen molar-refractivity contribution in [1.82, 2.24) is 10.2 Å². The Morgan fingerprint density at radius 2 is 1.84 bits per heavy atom. The molecule has 0 radical (unpaired) electrons. The normalized spacial score (nSPS) is 16.4. The van der Waals surface area contributed by atoms with Gasteiger partial charge < -0.3 is 5.32 Å². The zero-order chi connectivity index (χ0) is 12.8. The Kier molecular flexibility index (Phi) is 8.30. The molecule has 0 amide bonds. The maximum Gasteiger partial charge on any atom is 0.0236 e. The van der Waals surface area contributed by atoms with Crippen molar-refractivity contribution in [3.05, 3.63) is 33.4 Å². The van der Waals surface area contributed by atoms with E-state index in [0.717, 1.165) is 12.6 Å². The Hall–Kier alpha value is 0.160. The molecule has 1 aromatic carbocycles. The summed E-state index contributed by atoms with van der Waals surface area (Å²) in [4.78, 5) is 2.67. The molecule has 1 aliphatic heterocycles. The molecular formula is C15H24ClIN2. The second-order valence-corrected chi connectivity index (χ2v) is 6.32. The topological polar surface area (TPSA) is 15.3 Å². The van der Waals surface area contributed by atoms with Gasteiger partial charge in [-0.25, -0.2) is 0 Å². The first kappa shape index (κ1) is 17.2. The van der Waals surface area contributed by atoms with Gasteiger partial charge in [0.05, 0.1) is 0 Å². The van der Waals surface area contributed by atoms with Crippen LogP contribution in [0, 0.1) is 3.57 Å². The Balaban J connectivity index is 0.00000180. The highest BCUT2D eigenvalue weighted by Gasteiger charge is 2.20. The zero-order valence-corrected chi connectivity index (χ0v) is 14.5. The van der Waals surface area contributed by atoms with Gasteiger partial charge in [-0.1, -0.05) is 19.1 Å². The number of rotatable bonds is 5. The van der Waals surface area contributed by atoms with Crippen LogP contribution in [0.3, 0.4) is 0 Å². The summed E-state index contributed by atoms with van der Waals surface area (Å²) in [5, 5.41) is 3.46. The van der Waals surface area contributed by atoms with Crippen molar-refractivity contribution in [3.8, 4) is 0 Å². The van der Waals surface area contributed by atoms with E-state index in [0.29, 0.717) is 0 Å². The SMILES string of the molecule is CCCN(Cc1ccc(I)cc1)C1CCNCC1.Cl. The molecule has 0 unspecified atom stereocenters. The van der Waals surface area contributed by atoms with Gasteiger partial charge in [-0.2, -0.15) is 0 Å². The molecule has 19 heavy (non-hydrogen) atoms. The van der Waals surface area contributed by atoms with Gasteiger partial charge in [0.15, 0.2) is 0 Å². The molecule has 1 N–H and O–H groups in total. The number of hydrogen-bond donors (Lipinski definition) is 1. The van der Waals surface area contributed by atoms with Crippen LogP contribution in [0.15, 0.2) is 24.3 Å². The molecule has 0 aromatic heterocycles. The molecule has 0 spiro atoms. The summed E-state index contributed by atoms with van der Waals surface area (Å²) in [5.74, 6) is 0. The molecule has 2 rings (SSSR count). The molecule has 1 fully saturated rings. The van der Waals surface area contributed by atoms with Crippen LogP contribution in [0.5, 0.6) is 0 Å². The number of benzene rings is 1. The summed E-state index contributed by atoms with van der Waals surface area (Å²) in [6, 6.07) is 9.73. The van der Waals surface area contributed by atoms with Crippen molar-refractivity contribution < 1.29 is 0 Å². The summed E-state index contributed by atoms with van der Waals surface area (Å²) < 4.78 is 1.32. The summed E-state index contributed by atoms with van der Waals surface area (Å²) >= 11 is 2.37. The van der Waals surface area contributed by atoms with Crippen molar-refractivity contribution in [1.29, 1.82) is 0 Å². The predicted molar refractivity (Wildman–Crippen MR) is 93.0 cm³/mol. The molecule has 2 nitrogen and oxygen atoms in total. The minimum absolute atomic E-state index is 0. The largest absolute Gasteiger partial charge is 0.317 e. The molecule has 1 aromatic rings. The first-order valence-corrected chi connectivity index (χ1v) is 8.06. The lowest BCUT2D eigenvalue weighted by Crippen LogP contribution is -2.43. The fraction of sp³-hybridized carbons (Fsp3) is 0.600. The van der Waals surface area contributed by atoms with E-state index < -0.39 is 0 Å². The molecule has 1 heterocycles. The second kappa shape index (κ2) is 9.16. The molecule has 4 heteroatoms. The van der Waals surface area contributed by atoms with Crippen LogP contribution in [-0.2, 0) is 6.54 Å². The van der Waals surface area contributed by atoms with Crippen molar-refractivity contribution >= 4 is 35.0 Å². The van der Waals surface area contributed by atoms with Gasteiger partial charge in [0.1, 0.15) is 0 Å². The molecule has 0 aliphatic carbocycles. The Labute approximate surface area is 136 Å². The Morgan fingerprint density at radius 1 is 1.21 bits per heavy atom. The van der Waals surface area contributed by atoms with Crippen molar-refractivity contribution in [2.45, 2.75) is 38.8 Å². The van der Waals surface area contributed by atoms with Crippen LogP contribution in [0.4, 0.5) is 0 Å². The van der Waals surface area contributed by atoms with Crippen LogP contribution >= 0.6 is 35.0 Å². The smallest absolute Gasteiger partial charge is 0.0236 e. The molecule has 1 saturated heterocycles. The lowest BCUT2D eigenvalue weighted by atomic mass is 10.0. The van der Waals surface area contributed by atoms with Gasteiger partial charge >= 0.3 is 0 Å². The van der Waals surface area contributed by atoms with E-state index >= 15 is 0 Å². The van der Waals surface area contributed by atoms with Gasteiger partial charge in [-0.05, 0) is 79.2 Å². The molecular weight excluding hydrogens is 371 g/mol. The van der Waals surface area contributed by atoms with Gasteiger partial charge in [-0.15, -0.1) is 12.4 Å². The standard InChI is InChI=1S/C15H23IN2.ClH/c1-2-11-18(15-7-9-17-10-8-15)12-13-3-5-14(16)6-4-13;/h3-6,15,17H,2,7-12H2,1H3;1H. The van der Waals surface area contributed by atoms with Crippen LogP contribution in [-0.4, -0.2) is 30.6 Å². The van der Waals surface area contributed by atoms with E-state index in [1.165, 1.54) is 48.0 Å². The molecule has 0 saturated carbocycles. The Morgan fingerprint density at radius 3 is 2.42 bits per heavy atom. The van der Waals surface area contributed by atoms with E-state index in [1.807, 2.05) is 0 Å². The molecule has 0 bridgehead atoms. The van der Waals surface area contributed by atoms with Crippen molar-refractivity contribution in [3.63, 3.8) is 0 Å². The first-order chi connectivity index (χ1) is 8.79. The molecule has 108 valence electrons. The molecule has 0 atom stereocenters. The van der Waals surface area contributed by atoms with E-state index in [2.05, 4.69) is 64.0 Å². The van der Waals surface area contributed by atoms with E-state index in [4.69, 9.17) is 0 Å². The lowest BCUT2D eigenvalue weighted by Gasteiger charge is -2.34. The average molecular weight is 395 g/mol. The average Bonchev–Trinajstić information content (AvgIpc) is 2.42. The van der Waals surface area contributed by atoms with Crippen LogP contribution in [0.1, 0.15) is 31.7 Å². The van der Waals surface area contributed by atoms with Crippen LogP contribution < -0.4 is 5.32 Å². The minimum Gasteiger partial charge on any atom is -0.317 e. The van der Waals surface area contributed by atoms with Gasteiger partial charge in [-0.3, -0.25) is 4.90 Å². The van der Waals surface area contributed by atoms with Crippen molar-refractivity contribution in [2.75, 3.05) is 19.6 Å². The van der Waals surface area contributed by atoms with Crippen LogP contribution in [0.25, 0.3) is 0 Å². The highest BCUT2D eigenvalue weighted by atomic mass is 127. The maximum atomic E-state index is 3.46. The van der Waals surface area contributed by atoms with E-state index in [-0.39, 0.29) is 12.4 Å². The third-order valence-electron chi connectivity index (χ3n) is 3.63. The summed E-state index contributed by atoms with van der Waals surface area (Å²) in [6.07, 6.45) is 3.84. The number of halogens is 2. The quantitative estimate of drug-likeness (QED) is 0.767. The number of hydrogen-bond acceptors (Lipinski definition) is 2. The lowest BCUT2D eigenvalue weighted by molar-refractivity contribution is 0.154. The molecule has 1 aliphatic rings. The predicted octanol–water partition coefficient (Wildman–Crippen LogP) is 3.68. The van der Waals surface area contributed by atoms with Gasteiger partial charge in [0.2, 0.25) is 0 Å². The van der Waals surface area contributed by atoms with Crippen molar-refractivity contribution in [2.24, 2.45) is 0 Å². The van der Waals surface area contributed by atoms with Crippen LogP contribution in [0.2, 0.25) is 0 Å². The van der Waals surface area contributed by atoms with E-state index in [9.17, 15) is 0 Å². The summed E-state index contributed by atoms with van der Waals surface area (Å²) in [7, 11) is 0. The van der Waals surface area contributed by atoms with E-state index in [1.54, 1.807) is 0 Å². The summed E-state index contributed by atoms with van der Waals surface area (Å²) in [5.41, 5.74) is 1.45. The number of piperidine rings is 1. The van der Waals surface area contributed by atoms with Gasteiger partial charge in [0.25, 0.3) is 0 Å². The fourth-order valence-corrected chi connectivity index (χ4v) is 3.03. The number of nitrogens with one attached hydrogen (secondary N) is 1. The highest BCUT2D eigenvalue weighted by Crippen LogP contribution is 2.17. The summed E-state index contributed by atoms with van der Waals surface area (Å²) in [6.45, 7) is 6.96. The third kappa shape index (κ3) is 5.58. The maximum absolute atomic E-state index is 3.46. The fourth-order valence-electron chi connectivity index (χ4n) is 2.67. The van der Waals surface area contributed by atoms with Gasteiger partial charge in [0, 0.05) is 16.2 Å². The minimum atomic E-state index is 0. The monoisotopic (exact) mass is 394 g/mol. The Bertz CT molecular complexity index is 350. The number of nitrogens with zero attached hydrogens (tertiary/aromatic N) is 1. The zero-order valence-electron chi connectivity index (χ0n) is 11.6. The highest BCUT2D eigenvalue weighted by molar-refractivity contribution is 14.1.